The van der Waals surface area contributed by atoms with E-state index in [0.29, 0.717) is 22.9 Å². The summed E-state index contributed by atoms with van der Waals surface area (Å²) in [4.78, 5) is 4.72. The molecule has 0 amide bonds. The first kappa shape index (κ1) is 8.58. The highest BCUT2D eigenvalue weighted by atomic mass is 14.7. The lowest BCUT2D eigenvalue weighted by atomic mass is 10.0. The lowest BCUT2D eigenvalue weighted by Gasteiger charge is -2.09. The van der Waals surface area contributed by atoms with Gasteiger partial charge in [0, 0.05) is 17.2 Å². The number of hydrogen-bond donors (Lipinski definition) is 0. The molecule has 21 heavy (non-hydrogen) atoms. The molecule has 0 bridgehead atoms. The standard InChI is InChI=1S/C20H15N/c1-2-8-15(9-3-1)14-20-18-12-5-4-10-16(18)17-11-6-7-13-19(17)21-20/h1-13H,14H2/i4D,5D,10D,12D. The van der Waals surface area contributed by atoms with Gasteiger partial charge in [-0.2, -0.15) is 0 Å². The third-order valence-electron chi connectivity index (χ3n) is 3.62. The summed E-state index contributed by atoms with van der Waals surface area (Å²) >= 11 is 0. The number of fused-ring (bicyclic) bond motifs is 3. The number of aromatic nitrogens is 1. The number of rotatable bonds is 2. The second kappa shape index (κ2) is 5.02. The molecule has 0 aliphatic heterocycles. The van der Waals surface area contributed by atoms with E-state index in [-0.39, 0.29) is 24.2 Å². The molecule has 1 heteroatoms. The van der Waals surface area contributed by atoms with Crippen LogP contribution in [0.5, 0.6) is 0 Å². The van der Waals surface area contributed by atoms with Gasteiger partial charge in [-0.3, -0.25) is 4.98 Å². The van der Waals surface area contributed by atoms with Gasteiger partial charge in [0.05, 0.1) is 16.7 Å². The van der Waals surface area contributed by atoms with Crippen LogP contribution in [0.25, 0.3) is 21.7 Å². The summed E-state index contributed by atoms with van der Waals surface area (Å²) in [6.45, 7) is 0. The third-order valence-corrected chi connectivity index (χ3v) is 3.62. The smallest absolute Gasteiger partial charge is 0.0711 e. The normalized spacial score (nSPS) is 13.7. The molecule has 0 saturated carbocycles. The largest absolute Gasteiger partial charge is 0.252 e. The van der Waals surface area contributed by atoms with E-state index < -0.39 is 0 Å². The monoisotopic (exact) mass is 273 g/mol. The Hall–Kier alpha value is -2.67. The molecule has 0 unspecified atom stereocenters. The molecule has 100 valence electrons. The molecular weight excluding hydrogens is 254 g/mol. The van der Waals surface area contributed by atoms with Crippen LogP contribution in [0.3, 0.4) is 0 Å². The van der Waals surface area contributed by atoms with Crippen LogP contribution in [-0.2, 0) is 6.42 Å². The van der Waals surface area contributed by atoms with Crippen molar-refractivity contribution in [2.24, 2.45) is 0 Å². The molecule has 0 radical (unpaired) electrons. The van der Waals surface area contributed by atoms with E-state index in [1.165, 1.54) is 0 Å². The fourth-order valence-electron chi connectivity index (χ4n) is 2.63. The van der Waals surface area contributed by atoms with E-state index in [1.807, 2.05) is 54.6 Å². The molecule has 1 nitrogen and oxygen atoms in total. The van der Waals surface area contributed by atoms with E-state index in [9.17, 15) is 0 Å². The van der Waals surface area contributed by atoms with Gasteiger partial charge in [0.25, 0.3) is 0 Å². The number of para-hydroxylation sites is 1. The van der Waals surface area contributed by atoms with Crippen molar-refractivity contribution < 1.29 is 5.48 Å². The number of pyridine rings is 1. The van der Waals surface area contributed by atoms with Gasteiger partial charge in [0.15, 0.2) is 0 Å². The predicted molar refractivity (Wildman–Crippen MR) is 88.5 cm³/mol. The highest BCUT2D eigenvalue weighted by Gasteiger charge is 2.08. The molecule has 1 heterocycles. The Morgan fingerprint density at radius 2 is 1.48 bits per heavy atom. The number of nitrogens with zero attached hydrogens (tertiary/aromatic N) is 1. The highest BCUT2D eigenvalue weighted by molar-refractivity contribution is 6.06. The first-order chi connectivity index (χ1) is 12.1. The van der Waals surface area contributed by atoms with Crippen LogP contribution in [0.4, 0.5) is 0 Å². The molecular formula is C20H15N. The second-order valence-electron chi connectivity index (χ2n) is 4.99. The topological polar surface area (TPSA) is 12.9 Å². The predicted octanol–water partition coefficient (Wildman–Crippen LogP) is 4.98. The van der Waals surface area contributed by atoms with E-state index in [0.717, 1.165) is 16.5 Å². The summed E-state index contributed by atoms with van der Waals surface area (Å²) in [5, 5.41) is 1.80. The molecule has 0 spiro atoms. The number of hydrogen-bond acceptors (Lipinski definition) is 1. The quantitative estimate of drug-likeness (QED) is 0.469. The molecule has 0 aliphatic carbocycles. The van der Waals surface area contributed by atoms with Crippen molar-refractivity contribution in [1.29, 1.82) is 0 Å². The molecule has 0 saturated heterocycles. The zero-order valence-corrected chi connectivity index (χ0v) is 11.4. The van der Waals surface area contributed by atoms with Crippen LogP contribution in [0.15, 0.2) is 78.8 Å². The first-order valence-corrected chi connectivity index (χ1v) is 6.89. The lowest BCUT2D eigenvalue weighted by molar-refractivity contribution is 1.12. The van der Waals surface area contributed by atoms with Gasteiger partial charge in [-0.1, -0.05) is 72.7 Å². The molecule has 0 aliphatic rings. The van der Waals surface area contributed by atoms with Crippen LogP contribution in [0.2, 0.25) is 0 Å². The van der Waals surface area contributed by atoms with Crippen molar-refractivity contribution in [1.82, 2.24) is 4.98 Å². The molecule has 0 fully saturated rings. The zero-order chi connectivity index (χ0) is 17.6. The van der Waals surface area contributed by atoms with Gasteiger partial charge in [-0.25, -0.2) is 0 Å². The van der Waals surface area contributed by atoms with Crippen LogP contribution >= 0.6 is 0 Å². The lowest BCUT2D eigenvalue weighted by Crippen LogP contribution is -1.95. The Bertz CT molecular complexity index is 1110. The van der Waals surface area contributed by atoms with Gasteiger partial charge >= 0.3 is 0 Å². The Labute approximate surface area is 129 Å². The van der Waals surface area contributed by atoms with Crippen molar-refractivity contribution in [3.8, 4) is 0 Å². The van der Waals surface area contributed by atoms with Crippen molar-refractivity contribution in [2.45, 2.75) is 6.42 Å². The summed E-state index contributed by atoms with van der Waals surface area (Å²) in [6, 6.07) is 16.9. The Balaban J connectivity index is 2.14. The molecule has 0 atom stereocenters. The molecule has 1 aromatic heterocycles. The first-order valence-electron chi connectivity index (χ1n) is 8.89. The maximum atomic E-state index is 8.38. The summed E-state index contributed by atoms with van der Waals surface area (Å²) < 4.78 is 32.8. The summed E-state index contributed by atoms with van der Waals surface area (Å²) in [5.41, 5.74) is 2.47. The average molecular weight is 273 g/mol. The van der Waals surface area contributed by atoms with Crippen LogP contribution in [-0.4, -0.2) is 4.98 Å². The summed E-state index contributed by atoms with van der Waals surface area (Å²) in [7, 11) is 0. The van der Waals surface area contributed by atoms with Crippen molar-refractivity contribution in [2.75, 3.05) is 0 Å². The fourth-order valence-corrected chi connectivity index (χ4v) is 2.63. The van der Waals surface area contributed by atoms with Crippen LogP contribution < -0.4 is 0 Å². The molecule has 4 rings (SSSR count). The minimum absolute atomic E-state index is 0.0103. The second-order valence-corrected chi connectivity index (χ2v) is 4.99. The SMILES string of the molecule is [2H]c1c([2H])c([2H])c2c(c(Cc3ccccc3)nc3ccccc32)c1[2H]. The van der Waals surface area contributed by atoms with Crippen molar-refractivity contribution in [3.63, 3.8) is 0 Å². The van der Waals surface area contributed by atoms with Gasteiger partial charge in [-0.05, 0) is 17.0 Å². The number of benzene rings is 3. The van der Waals surface area contributed by atoms with Crippen molar-refractivity contribution in [3.05, 3.63) is 90.0 Å². The van der Waals surface area contributed by atoms with E-state index in [1.54, 1.807) is 0 Å². The maximum absolute atomic E-state index is 8.38. The van der Waals surface area contributed by atoms with Crippen molar-refractivity contribution >= 4 is 21.7 Å². The van der Waals surface area contributed by atoms with Gasteiger partial charge in [0.1, 0.15) is 0 Å². The Morgan fingerprint density at radius 1 is 0.762 bits per heavy atom. The average Bonchev–Trinajstić information content (AvgIpc) is 2.64. The third kappa shape index (κ3) is 2.17. The van der Waals surface area contributed by atoms with Gasteiger partial charge in [0.2, 0.25) is 0 Å². The van der Waals surface area contributed by atoms with Gasteiger partial charge < -0.3 is 0 Å². The van der Waals surface area contributed by atoms with Gasteiger partial charge in [-0.15, -0.1) is 0 Å². The van der Waals surface area contributed by atoms with E-state index in [4.69, 9.17) is 10.5 Å². The minimum Gasteiger partial charge on any atom is -0.252 e. The van der Waals surface area contributed by atoms with E-state index >= 15 is 0 Å². The molecule has 0 N–H and O–H groups in total. The van der Waals surface area contributed by atoms with Crippen LogP contribution in [0.1, 0.15) is 16.7 Å². The fraction of sp³-hybridized carbons (Fsp3) is 0.0500. The zero-order valence-electron chi connectivity index (χ0n) is 15.4. The Morgan fingerprint density at radius 3 is 2.33 bits per heavy atom. The summed E-state index contributed by atoms with van der Waals surface area (Å²) in [5.74, 6) is 0. The minimum atomic E-state index is -0.219. The molecule has 3 aromatic carbocycles. The maximum Gasteiger partial charge on any atom is 0.0711 e. The summed E-state index contributed by atoms with van der Waals surface area (Å²) in [6.07, 6.45) is 0.518. The Kier molecular flexibility index (Phi) is 2.05. The van der Waals surface area contributed by atoms with E-state index in [2.05, 4.69) is 0 Å². The van der Waals surface area contributed by atoms with Crippen LogP contribution in [0, 0.1) is 0 Å². The molecule has 4 aromatic rings. The highest BCUT2D eigenvalue weighted by Crippen LogP contribution is 2.27.